The molecule has 200 valence electrons. The summed E-state index contributed by atoms with van der Waals surface area (Å²) < 4.78 is 79.5. The van der Waals surface area contributed by atoms with Gasteiger partial charge in [0.05, 0.1) is 0 Å². The van der Waals surface area contributed by atoms with Gasteiger partial charge in [-0.3, -0.25) is 4.90 Å². The quantitative estimate of drug-likeness (QED) is 0.361. The molecule has 0 aromatic heterocycles. The third-order valence-corrected chi connectivity index (χ3v) is 7.20. The van der Waals surface area contributed by atoms with Gasteiger partial charge in [0, 0.05) is 45.3 Å². The molecule has 0 amide bonds. The molecule has 1 saturated carbocycles. The van der Waals surface area contributed by atoms with Crippen molar-refractivity contribution in [3.63, 3.8) is 0 Å². The fourth-order valence-corrected chi connectivity index (χ4v) is 5.29. The minimum atomic E-state index is -2.55. The molecule has 1 saturated heterocycles. The molecule has 0 atom stereocenters. The largest absolute Gasteiger partial charge is 0.299 e. The van der Waals surface area contributed by atoms with E-state index >= 15 is 0 Å². The Kier molecular flexibility index (Phi) is 8.85. The van der Waals surface area contributed by atoms with Crippen LogP contribution in [-0.4, -0.2) is 29.8 Å². The van der Waals surface area contributed by atoms with Crippen molar-refractivity contribution in [2.75, 3.05) is 13.1 Å². The van der Waals surface area contributed by atoms with Gasteiger partial charge in [0.15, 0.2) is 0 Å². The van der Waals surface area contributed by atoms with Crippen LogP contribution < -0.4 is 0 Å². The molecule has 2 aliphatic rings. The van der Waals surface area contributed by atoms with E-state index in [1.54, 1.807) is 6.07 Å². The Morgan fingerprint density at radius 3 is 1.92 bits per heavy atom. The van der Waals surface area contributed by atoms with Crippen molar-refractivity contribution in [3.05, 3.63) is 69.8 Å². The van der Waals surface area contributed by atoms with Gasteiger partial charge in [-0.05, 0) is 64.6 Å². The highest BCUT2D eigenvalue weighted by atomic mass is 19.3. The molecule has 0 spiro atoms. The van der Waals surface area contributed by atoms with Crippen LogP contribution in [0.3, 0.4) is 0 Å². The lowest BCUT2D eigenvalue weighted by Gasteiger charge is -2.35. The van der Waals surface area contributed by atoms with E-state index in [0.29, 0.717) is 30.8 Å². The van der Waals surface area contributed by atoms with Crippen molar-refractivity contribution in [2.24, 2.45) is 0 Å². The fraction of sp³-hybridized carbons (Fsp3) is 0.586. The number of alkyl halides is 4. The fourth-order valence-electron chi connectivity index (χ4n) is 5.29. The Balaban J connectivity index is 0.000000202. The summed E-state index contributed by atoms with van der Waals surface area (Å²) in [6.07, 6.45) is -0.488. The smallest absolute Gasteiger partial charge is 0.250 e. The lowest BCUT2D eigenvalue weighted by molar-refractivity contribution is -0.0868. The third kappa shape index (κ3) is 7.05. The van der Waals surface area contributed by atoms with E-state index in [0.717, 1.165) is 16.7 Å². The molecule has 2 aromatic rings. The molecule has 0 N–H and O–H groups in total. The van der Waals surface area contributed by atoms with Crippen LogP contribution in [0.5, 0.6) is 0 Å². The van der Waals surface area contributed by atoms with E-state index in [1.165, 1.54) is 12.1 Å². The second-order valence-electron chi connectivity index (χ2n) is 10.9. The third-order valence-electron chi connectivity index (χ3n) is 7.20. The van der Waals surface area contributed by atoms with E-state index in [4.69, 9.17) is 0 Å². The number of piperidine rings is 1. The van der Waals surface area contributed by atoms with E-state index in [2.05, 4.69) is 0 Å². The van der Waals surface area contributed by atoms with Gasteiger partial charge in [-0.15, -0.1) is 0 Å². The summed E-state index contributed by atoms with van der Waals surface area (Å²) >= 11 is 0. The molecule has 0 bridgehead atoms. The average Bonchev–Trinajstić information content (AvgIpc) is 2.73. The second-order valence-corrected chi connectivity index (χ2v) is 10.9. The van der Waals surface area contributed by atoms with Crippen molar-refractivity contribution < 1.29 is 26.3 Å². The molecule has 1 aliphatic carbocycles. The standard InChI is InChI=1S/C15H20F3N.C14H17F3/c1-11(2)14-12(4-3-5-13(14)16)10-19-8-6-15(17,18)7-9-19;1-8(2)13-9(3)4-10(5-12(13)15)11-6-14(16,17)7-11/h3-5,11H,6-10H2,1-2H3;4-5,8,11H,6-7H2,1-3H3. The van der Waals surface area contributed by atoms with Crippen LogP contribution >= 0.6 is 0 Å². The number of nitrogens with zero attached hydrogens (tertiary/aromatic N) is 1. The van der Waals surface area contributed by atoms with Gasteiger partial charge in [-0.1, -0.05) is 45.9 Å². The average molecular weight is 514 g/mol. The van der Waals surface area contributed by atoms with Crippen molar-refractivity contribution in [3.8, 4) is 0 Å². The summed E-state index contributed by atoms with van der Waals surface area (Å²) in [5.74, 6) is -5.50. The monoisotopic (exact) mass is 513 g/mol. The van der Waals surface area contributed by atoms with Crippen LogP contribution in [0, 0.1) is 18.6 Å². The molecule has 7 heteroatoms. The van der Waals surface area contributed by atoms with Crippen LogP contribution in [0.15, 0.2) is 30.3 Å². The van der Waals surface area contributed by atoms with Gasteiger partial charge in [-0.2, -0.15) is 0 Å². The van der Waals surface area contributed by atoms with Gasteiger partial charge < -0.3 is 0 Å². The molecule has 1 aliphatic heterocycles. The first-order valence-corrected chi connectivity index (χ1v) is 12.7. The number of aryl methyl sites for hydroxylation is 1. The highest BCUT2D eigenvalue weighted by molar-refractivity contribution is 5.37. The zero-order valence-corrected chi connectivity index (χ0v) is 21.8. The minimum absolute atomic E-state index is 0.0979. The maximum Gasteiger partial charge on any atom is 0.250 e. The highest BCUT2D eigenvalue weighted by Crippen LogP contribution is 2.48. The van der Waals surface area contributed by atoms with Crippen LogP contribution in [0.4, 0.5) is 26.3 Å². The molecule has 0 unspecified atom stereocenters. The number of halogens is 6. The number of benzene rings is 2. The Hall–Kier alpha value is -2.02. The van der Waals surface area contributed by atoms with Gasteiger partial charge in [0.25, 0.3) is 5.92 Å². The summed E-state index contributed by atoms with van der Waals surface area (Å²) in [7, 11) is 0. The lowest BCUT2D eigenvalue weighted by Crippen LogP contribution is -2.39. The van der Waals surface area contributed by atoms with Crippen molar-refractivity contribution >= 4 is 0 Å². The zero-order valence-electron chi connectivity index (χ0n) is 21.8. The van der Waals surface area contributed by atoms with Crippen LogP contribution in [0.25, 0.3) is 0 Å². The molecular weight excluding hydrogens is 476 g/mol. The van der Waals surface area contributed by atoms with Crippen molar-refractivity contribution in [2.45, 2.75) is 96.4 Å². The summed E-state index contributed by atoms with van der Waals surface area (Å²) in [5, 5.41) is 0. The molecule has 1 nitrogen and oxygen atoms in total. The predicted molar refractivity (Wildman–Crippen MR) is 132 cm³/mol. The van der Waals surface area contributed by atoms with E-state index < -0.39 is 11.8 Å². The van der Waals surface area contributed by atoms with E-state index in [-0.39, 0.29) is 55.1 Å². The first-order chi connectivity index (χ1) is 16.7. The summed E-state index contributed by atoms with van der Waals surface area (Å²) in [5.41, 5.74) is 3.90. The van der Waals surface area contributed by atoms with Crippen LogP contribution in [-0.2, 0) is 6.54 Å². The van der Waals surface area contributed by atoms with Gasteiger partial charge >= 0.3 is 0 Å². The van der Waals surface area contributed by atoms with Crippen LogP contribution in [0.2, 0.25) is 0 Å². The van der Waals surface area contributed by atoms with Crippen LogP contribution in [0.1, 0.15) is 98.9 Å². The Bertz CT molecular complexity index is 1010. The van der Waals surface area contributed by atoms with Crippen molar-refractivity contribution in [1.29, 1.82) is 0 Å². The number of likely N-dealkylation sites (tertiary alicyclic amines) is 1. The minimum Gasteiger partial charge on any atom is -0.299 e. The molecule has 36 heavy (non-hydrogen) atoms. The highest BCUT2D eigenvalue weighted by Gasteiger charge is 2.46. The SMILES string of the molecule is CC(C)c1c(F)cccc1CN1CCC(F)(F)CC1.Cc1cc(C2CC(F)(F)C2)cc(F)c1C(C)C. The number of hydrogen-bond acceptors (Lipinski definition) is 1. The molecule has 2 aromatic carbocycles. The maximum atomic E-state index is 13.9. The summed E-state index contributed by atoms with van der Waals surface area (Å²) in [6.45, 7) is 10.9. The molecular formula is C29H37F6N. The zero-order chi connectivity index (χ0) is 26.8. The normalized spacial score (nSPS) is 19.7. The van der Waals surface area contributed by atoms with Gasteiger partial charge in [-0.25, -0.2) is 26.3 Å². The Labute approximate surface area is 210 Å². The van der Waals surface area contributed by atoms with E-state index in [9.17, 15) is 26.3 Å². The Morgan fingerprint density at radius 2 is 1.42 bits per heavy atom. The second kappa shape index (κ2) is 11.2. The predicted octanol–water partition coefficient (Wildman–Crippen LogP) is 8.95. The number of hydrogen-bond donors (Lipinski definition) is 0. The topological polar surface area (TPSA) is 3.24 Å². The maximum absolute atomic E-state index is 13.9. The van der Waals surface area contributed by atoms with Gasteiger partial charge in [0.2, 0.25) is 5.92 Å². The molecule has 4 rings (SSSR count). The summed E-state index contributed by atoms with van der Waals surface area (Å²) in [6, 6.07) is 8.34. The Morgan fingerprint density at radius 1 is 0.833 bits per heavy atom. The molecule has 1 heterocycles. The number of rotatable bonds is 5. The first kappa shape index (κ1) is 28.5. The molecule has 0 radical (unpaired) electrons. The molecule has 2 fully saturated rings. The lowest BCUT2D eigenvalue weighted by atomic mass is 9.76. The van der Waals surface area contributed by atoms with E-state index in [1.807, 2.05) is 51.7 Å². The van der Waals surface area contributed by atoms with Gasteiger partial charge in [0.1, 0.15) is 11.6 Å². The van der Waals surface area contributed by atoms with Crippen molar-refractivity contribution in [1.82, 2.24) is 4.90 Å². The summed E-state index contributed by atoms with van der Waals surface area (Å²) in [4.78, 5) is 1.98. The first-order valence-electron chi connectivity index (χ1n) is 12.7.